The number of carbonyl (C=O) groups is 2. The molecule has 0 bridgehead atoms. The topological polar surface area (TPSA) is 67.4 Å². The molecule has 0 aliphatic heterocycles. The molecule has 0 aliphatic carbocycles. The lowest BCUT2D eigenvalue weighted by Gasteiger charge is -2.18. The van der Waals surface area contributed by atoms with Crippen LogP contribution in [0.5, 0.6) is 0 Å². The van der Waals surface area contributed by atoms with Gasteiger partial charge in [0.1, 0.15) is 5.82 Å². The van der Waals surface area contributed by atoms with Gasteiger partial charge in [-0.1, -0.05) is 36.4 Å². The lowest BCUT2D eigenvalue weighted by atomic mass is 10.0. The van der Waals surface area contributed by atoms with Crippen LogP contribution in [0.1, 0.15) is 17.2 Å². The second kappa shape index (κ2) is 8.21. The van der Waals surface area contributed by atoms with Crippen molar-refractivity contribution in [3.8, 4) is 0 Å². The third-order valence-corrected chi connectivity index (χ3v) is 3.60. The lowest BCUT2D eigenvalue weighted by molar-refractivity contribution is -0.136. The second-order valence-corrected chi connectivity index (χ2v) is 5.22. The third-order valence-electron chi connectivity index (χ3n) is 3.60. The monoisotopic (exact) mass is 330 g/mol. The van der Waals surface area contributed by atoms with Crippen molar-refractivity contribution >= 4 is 17.5 Å². The predicted molar refractivity (Wildman–Crippen MR) is 89.0 cm³/mol. The van der Waals surface area contributed by atoms with Gasteiger partial charge in [0.2, 0.25) is 0 Å². The Bertz CT molecular complexity index is 734. The van der Waals surface area contributed by atoms with E-state index in [1.54, 1.807) is 6.07 Å². The van der Waals surface area contributed by atoms with Gasteiger partial charge >= 0.3 is 11.8 Å². The molecule has 0 heterocycles. The van der Waals surface area contributed by atoms with E-state index in [0.717, 1.165) is 11.1 Å². The number of rotatable bonds is 5. The molecular formula is C18H19FN2O3. The summed E-state index contributed by atoms with van der Waals surface area (Å²) in [5, 5.41) is 4.74. The summed E-state index contributed by atoms with van der Waals surface area (Å²) in [5.74, 6) is -2.39. The van der Waals surface area contributed by atoms with Crippen molar-refractivity contribution in [1.82, 2.24) is 5.32 Å². The number of anilines is 1. The Morgan fingerprint density at radius 2 is 1.75 bits per heavy atom. The number of benzene rings is 2. The number of nitrogens with one attached hydrogen (secondary N) is 2. The average molecular weight is 330 g/mol. The van der Waals surface area contributed by atoms with E-state index in [0.29, 0.717) is 0 Å². The fraction of sp³-hybridized carbons (Fsp3) is 0.222. The van der Waals surface area contributed by atoms with Crippen LogP contribution < -0.4 is 10.6 Å². The first-order valence-corrected chi connectivity index (χ1v) is 7.45. The number of ether oxygens (including phenoxy) is 1. The van der Waals surface area contributed by atoms with E-state index in [4.69, 9.17) is 4.74 Å². The highest BCUT2D eigenvalue weighted by molar-refractivity contribution is 6.39. The number of para-hydroxylation sites is 1. The standard InChI is InChI=1S/C18H19FN2O3/c1-12-7-3-4-8-13(12)16(24-2)11-20-17(22)18(23)21-15-10-6-5-9-14(15)19/h3-10,16H,11H2,1-2H3,(H,20,22)(H,21,23). The highest BCUT2D eigenvalue weighted by Crippen LogP contribution is 2.19. The zero-order valence-corrected chi connectivity index (χ0v) is 13.5. The normalized spacial score (nSPS) is 11.6. The van der Waals surface area contributed by atoms with Gasteiger partial charge in [-0.25, -0.2) is 4.39 Å². The molecule has 2 aromatic rings. The predicted octanol–water partition coefficient (Wildman–Crippen LogP) is 2.58. The van der Waals surface area contributed by atoms with Crippen LogP contribution in [-0.2, 0) is 14.3 Å². The summed E-state index contributed by atoms with van der Waals surface area (Å²) >= 11 is 0. The van der Waals surface area contributed by atoms with E-state index >= 15 is 0 Å². The molecule has 0 radical (unpaired) electrons. The van der Waals surface area contributed by atoms with Crippen LogP contribution >= 0.6 is 0 Å². The molecule has 0 aliphatic rings. The number of carbonyl (C=O) groups excluding carboxylic acids is 2. The number of hydrogen-bond donors (Lipinski definition) is 2. The molecule has 2 N–H and O–H groups in total. The second-order valence-electron chi connectivity index (χ2n) is 5.22. The molecule has 1 atom stereocenters. The molecule has 2 amide bonds. The first-order valence-electron chi connectivity index (χ1n) is 7.45. The molecule has 0 aromatic heterocycles. The molecule has 126 valence electrons. The Kier molecular flexibility index (Phi) is 6.03. The largest absolute Gasteiger partial charge is 0.375 e. The van der Waals surface area contributed by atoms with Crippen LogP contribution in [0.2, 0.25) is 0 Å². The summed E-state index contributed by atoms with van der Waals surface area (Å²) in [6.45, 7) is 2.07. The molecule has 6 heteroatoms. The van der Waals surface area contributed by atoms with Gasteiger partial charge in [-0.2, -0.15) is 0 Å². The molecular weight excluding hydrogens is 311 g/mol. The first kappa shape index (κ1) is 17.6. The van der Waals surface area contributed by atoms with Crippen LogP contribution in [0, 0.1) is 12.7 Å². The van der Waals surface area contributed by atoms with Gasteiger partial charge in [0.25, 0.3) is 0 Å². The van der Waals surface area contributed by atoms with Crippen LogP contribution in [0.3, 0.4) is 0 Å². The van der Waals surface area contributed by atoms with Crippen molar-refractivity contribution < 1.29 is 18.7 Å². The van der Waals surface area contributed by atoms with Crippen molar-refractivity contribution in [2.24, 2.45) is 0 Å². The molecule has 2 aromatic carbocycles. The summed E-state index contributed by atoms with van der Waals surface area (Å²) in [5.41, 5.74) is 1.91. The maximum absolute atomic E-state index is 13.5. The Labute approximate surface area is 139 Å². The number of methoxy groups -OCH3 is 1. The van der Waals surface area contributed by atoms with E-state index in [2.05, 4.69) is 10.6 Å². The van der Waals surface area contributed by atoms with Crippen molar-refractivity contribution in [2.75, 3.05) is 19.0 Å². The lowest BCUT2D eigenvalue weighted by Crippen LogP contribution is -2.38. The highest BCUT2D eigenvalue weighted by Gasteiger charge is 2.18. The first-order chi connectivity index (χ1) is 11.5. The Hall–Kier alpha value is -2.73. The van der Waals surface area contributed by atoms with E-state index in [1.807, 2.05) is 31.2 Å². The average Bonchev–Trinajstić information content (AvgIpc) is 2.58. The molecule has 1 unspecified atom stereocenters. The van der Waals surface area contributed by atoms with Gasteiger partial charge in [-0.15, -0.1) is 0 Å². The highest BCUT2D eigenvalue weighted by atomic mass is 19.1. The number of hydrogen-bond acceptors (Lipinski definition) is 3. The maximum atomic E-state index is 13.5. The summed E-state index contributed by atoms with van der Waals surface area (Å²) in [4.78, 5) is 23.7. The van der Waals surface area contributed by atoms with Gasteiger partial charge in [-0.05, 0) is 30.2 Å². The quantitative estimate of drug-likeness (QED) is 0.828. The van der Waals surface area contributed by atoms with Gasteiger partial charge in [0.15, 0.2) is 0 Å². The fourth-order valence-corrected chi connectivity index (χ4v) is 2.28. The molecule has 0 spiro atoms. The molecule has 2 rings (SSSR count). The van der Waals surface area contributed by atoms with Crippen molar-refractivity contribution in [3.05, 3.63) is 65.5 Å². The Balaban J connectivity index is 1.95. The molecule has 5 nitrogen and oxygen atoms in total. The minimum atomic E-state index is -0.931. The van der Waals surface area contributed by atoms with Crippen molar-refractivity contribution in [2.45, 2.75) is 13.0 Å². The summed E-state index contributed by atoms with van der Waals surface area (Å²) < 4.78 is 18.9. The van der Waals surface area contributed by atoms with Gasteiger partial charge in [-0.3, -0.25) is 9.59 Å². The number of amides is 2. The summed E-state index contributed by atoms with van der Waals surface area (Å²) in [6, 6.07) is 13.3. The Morgan fingerprint density at radius 3 is 2.42 bits per heavy atom. The van der Waals surface area contributed by atoms with Gasteiger partial charge in [0.05, 0.1) is 11.8 Å². The zero-order chi connectivity index (χ0) is 17.5. The summed E-state index contributed by atoms with van der Waals surface area (Å²) in [6.07, 6.45) is -0.378. The molecule has 24 heavy (non-hydrogen) atoms. The minimum Gasteiger partial charge on any atom is -0.375 e. The van der Waals surface area contributed by atoms with E-state index in [1.165, 1.54) is 25.3 Å². The SMILES string of the molecule is COC(CNC(=O)C(=O)Nc1ccccc1F)c1ccccc1C. The smallest absolute Gasteiger partial charge is 0.313 e. The zero-order valence-electron chi connectivity index (χ0n) is 13.5. The third kappa shape index (κ3) is 4.39. The van der Waals surface area contributed by atoms with Crippen LogP contribution in [0.25, 0.3) is 0 Å². The van der Waals surface area contributed by atoms with Crippen LogP contribution in [0.15, 0.2) is 48.5 Å². The van der Waals surface area contributed by atoms with Crippen LogP contribution in [-0.4, -0.2) is 25.5 Å². The van der Waals surface area contributed by atoms with Gasteiger partial charge in [0, 0.05) is 13.7 Å². The fourth-order valence-electron chi connectivity index (χ4n) is 2.28. The van der Waals surface area contributed by atoms with Gasteiger partial charge < -0.3 is 15.4 Å². The summed E-state index contributed by atoms with van der Waals surface area (Å²) in [7, 11) is 1.53. The van der Waals surface area contributed by atoms with E-state index in [9.17, 15) is 14.0 Å². The maximum Gasteiger partial charge on any atom is 0.313 e. The molecule has 0 fully saturated rings. The van der Waals surface area contributed by atoms with Crippen molar-refractivity contribution in [3.63, 3.8) is 0 Å². The molecule has 0 saturated carbocycles. The number of halogens is 1. The Morgan fingerprint density at radius 1 is 1.08 bits per heavy atom. The van der Waals surface area contributed by atoms with E-state index < -0.39 is 17.6 Å². The molecule has 0 saturated heterocycles. The number of aryl methyl sites for hydroxylation is 1. The minimum absolute atomic E-state index is 0.0418. The van der Waals surface area contributed by atoms with E-state index in [-0.39, 0.29) is 18.3 Å². The van der Waals surface area contributed by atoms with Crippen LogP contribution in [0.4, 0.5) is 10.1 Å². The van der Waals surface area contributed by atoms with Crippen molar-refractivity contribution in [1.29, 1.82) is 0 Å².